The topological polar surface area (TPSA) is 59.7 Å². The molecule has 100 valence electrons. The number of carboxylic acid groups (broad SMARTS) is 1. The molecule has 0 unspecified atom stereocenters. The number of benzene rings is 1. The molecule has 0 saturated carbocycles. The van der Waals surface area contributed by atoms with E-state index in [2.05, 4.69) is 0 Å². The van der Waals surface area contributed by atoms with Crippen molar-refractivity contribution in [3.05, 3.63) is 47.7 Å². The van der Waals surface area contributed by atoms with Crippen molar-refractivity contribution in [3.8, 4) is 11.7 Å². The Morgan fingerprint density at radius 3 is 2.42 bits per heavy atom. The van der Waals surface area contributed by atoms with E-state index in [0.29, 0.717) is 0 Å². The van der Waals surface area contributed by atoms with Gasteiger partial charge in [-0.15, -0.1) is 0 Å². The molecule has 0 radical (unpaired) electrons. The molecule has 0 spiro atoms. The highest BCUT2D eigenvalue weighted by atomic mass is 19.4. The molecular formula is C12H7F3O4. The summed E-state index contributed by atoms with van der Waals surface area (Å²) < 4.78 is 47.7. The highest BCUT2D eigenvalue weighted by molar-refractivity contribution is 5.84. The van der Waals surface area contributed by atoms with Crippen LogP contribution >= 0.6 is 0 Å². The molecule has 19 heavy (non-hydrogen) atoms. The van der Waals surface area contributed by atoms with Crippen LogP contribution in [0, 0.1) is 0 Å². The first-order chi connectivity index (χ1) is 8.88. The number of rotatable bonds is 3. The summed E-state index contributed by atoms with van der Waals surface area (Å²) in [4.78, 5) is 10.6. The van der Waals surface area contributed by atoms with Crippen LogP contribution in [0.5, 0.6) is 11.7 Å². The van der Waals surface area contributed by atoms with Crippen LogP contribution in [0.4, 0.5) is 13.2 Å². The van der Waals surface area contributed by atoms with E-state index >= 15 is 0 Å². The number of halogens is 3. The standard InChI is InChI=1S/C12H7F3O4/c13-12(14,15)7-3-1-2-4-8(7)18-10-6-5-9(19-10)11(16)17/h1-6H,(H,16,17). The Hall–Kier alpha value is -2.44. The highest BCUT2D eigenvalue weighted by Gasteiger charge is 2.34. The Morgan fingerprint density at radius 2 is 1.84 bits per heavy atom. The van der Waals surface area contributed by atoms with Crippen molar-refractivity contribution in [2.24, 2.45) is 0 Å². The van der Waals surface area contributed by atoms with Gasteiger partial charge in [-0.25, -0.2) is 4.79 Å². The van der Waals surface area contributed by atoms with Gasteiger partial charge in [-0.2, -0.15) is 13.2 Å². The van der Waals surface area contributed by atoms with Gasteiger partial charge in [-0.1, -0.05) is 12.1 Å². The number of carboxylic acids is 1. The van der Waals surface area contributed by atoms with E-state index in [1.807, 2.05) is 0 Å². The predicted molar refractivity (Wildman–Crippen MR) is 57.2 cm³/mol. The second-order valence-corrected chi connectivity index (χ2v) is 3.52. The molecule has 0 saturated heterocycles. The predicted octanol–water partition coefficient (Wildman–Crippen LogP) is 3.79. The first-order valence-electron chi connectivity index (χ1n) is 5.05. The average Bonchev–Trinajstić information content (AvgIpc) is 2.77. The molecule has 4 nitrogen and oxygen atoms in total. The van der Waals surface area contributed by atoms with Crippen molar-refractivity contribution in [1.82, 2.24) is 0 Å². The second kappa shape index (κ2) is 4.68. The number of para-hydroxylation sites is 1. The van der Waals surface area contributed by atoms with E-state index in [0.717, 1.165) is 24.3 Å². The first-order valence-corrected chi connectivity index (χ1v) is 5.05. The summed E-state index contributed by atoms with van der Waals surface area (Å²) in [6.45, 7) is 0. The maximum absolute atomic E-state index is 12.7. The molecule has 0 bridgehead atoms. The summed E-state index contributed by atoms with van der Waals surface area (Å²) in [5, 5.41) is 8.62. The Kier molecular flexibility index (Phi) is 3.20. The monoisotopic (exact) mass is 272 g/mol. The van der Waals surface area contributed by atoms with Crippen LogP contribution in [0.2, 0.25) is 0 Å². The fraction of sp³-hybridized carbons (Fsp3) is 0.0833. The molecule has 2 aromatic rings. The molecule has 1 aromatic heterocycles. The highest BCUT2D eigenvalue weighted by Crippen LogP contribution is 2.38. The van der Waals surface area contributed by atoms with E-state index in [4.69, 9.17) is 14.3 Å². The molecular weight excluding hydrogens is 265 g/mol. The van der Waals surface area contributed by atoms with E-state index in [1.54, 1.807) is 0 Å². The van der Waals surface area contributed by atoms with Crippen molar-refractivity contribution >= 4 is 5.97 Å². The number of hydrogen-bond donors (Lipinski definition) is 1. The van der Waals surface area contributed by atoms with E-state index < -0.39 is 29.2 Å². The van der Waals surface area contributed by atoms with Crippen molar-refractivity contribution in [3.63, 3.8) is 0 Å². The van der Waals surface area contributed by atoms with Crippen LogP contribution in [-0.4, -0.2) is 11.1 Å². The van der Waals surface area contributed by atoms with Gasteiger partial charge in [0.2, 0.25) is 5.76 Å². The van der Waals surface area contributed by atoms with Crippen LogP contribution in [0.15, 0.2) is 40.8 Å². The number of carbonyl (C=O) groups is 1. The minimum absolute atomic E-state index is 0.325. The normalized spacial score (nSPS) is 11.3. The van der Waals surface area contributed by atoms with Gasteiger partial charge in [0.05, 0.1) is 5.56 Å². The smallest absolute Gasteiger partial charge is 0.419 e. The van der Waals surface area contributed by atoms with E-state index in [-0.39, 0.29) is 5.95 Å². The number of furan rings is 1. The molecule has 0 amide bonds. The molecule has 0 fully saturated rings. The molecule has 1 heterocycles. The van der Waals surface area contributed by atoms with Crippen molar-refractivity contribution in [2.45, 2.75) is 6.18 Å². The van der Waals surface area contributed by atoms with Gasteiger partial charge < -0.3 is 14.3 Å². The zero-order valence-electron chi connectivity index (χ0n) is 9.27. The van der Waals surface area contributed by atoms with Crippen LogP contribution in [0.1, 0.15) is 16.1 Å². The van der Waals surface area contributed by atoms with Crippen LogP contribution in [0.3, 0.4) is 0 Å². The third-order valence-corrected chi connectivity index (χ3v) is 2.20. The maximum Gasteiger partial charge on any atom is 0.419 e. The van der Waals surface area contributed by atoms with Gasteiger partial charge >= 0.3 is 12.1 Å². The lowest BCUT2D eigenvalue weighted by Crippen LogP contribution is -2.06. The van der Waals surface area contributed by atoms with Gasteiger partial charge in [0, 0.05) is 6.07 Å². The molecule has 0 aliphatic carbocycles. The first kappa shape index (κ1) is 13.0. The van der Waals surface area contributed by atoms with Crippen molar-refractivity contribution in [2.75, 3.05) is 0 Å². The molecule has 0 aliphatic rings. The average molecular weight is 272 g/mol. The van der Waals surface area contributed by atoms with E-state index in [1.165, 1.54) is 12.1 Å². The minimum atomic E-state index is -4.57. The fourth-order valence-electron chi connectivity index (χ4n) is 1.39. The third kappa shape index (κ3) is 2.87. The molecule has 0 atom stereocenters. The number of ether oxygens (including phenoxy) is 1. The number of hydrogen-bond acceptors (Lipinski definition) is 3. The van der Waals surface area contributed by atoms with Gasteiger partial charge in [-0.3, -0.25) is 0 Å². The summed E-state index contributed by atoms with van der Waals surface area (Å²) in [7, 11) is 0. The van der Waals surface area contributed by atoms with Crippen molar-refractivity contribution < 1.29 is 32.2 Å². The zero-order chi connectivity index (χ0) is 14.0. The van der Waals surface area contributed by atoms with E-state index in [9.17, 15) is 18.0 Å². The number of alkyl halides is 3. The largest absolute Gasteiger partial charge is 0.475 e. The summed E-state index contributed by atoms with van der Waals surface area (Å²) >= 11 is 0. The third-order valence-electron chi connectivity index (χ3n) is 2.20. The lowest BCUT2D eigenvalue weighted by Gasteiger charge is -2.11. The van der Waals surface area contributed by atoms with Crippen molar-refractivity contribution in [1.29, 1.82) is 0 Å². The SMILES string of the molecule is O=C(O)c1ccc(Oc2ccccc2C(F)(F)F)o1. The van der Waals surface area contributed by atoms with Crippen LogP contribution in [0.25, 0.3) is 0 Å². The molecule has 0 aliphatic heterocycles. The molecule has 1 aromatic carbocycles. The van der Waals surface area contributed by atoms with Gasteiger partial charge in [-0.05, 0) is 18.2 Å². The zero-order valence-corrected chi connectivity index (χ0v) is 9.27. The Bertz CT molecular complexity index is 601. The van der Waals surface area contributed by atoms with Gasteiger partial charge in [0.15, 0.2) is 0 Å². The van der Waals surface area contributed by atoms with Gasteiger partial charge in [0.25, 0.3) is 5.95 Å². The minimum Gasteiger partial charge on any atom is -0.475 e. The maximum atomic E-state index is 12.7. The second-order valence-electron chi connectivity index (χ2n) is 3.52. The lowest BCUT2D eigenvalue weighted by atomic mass is 10.2. The van der Waals surface area contributed by atoms with Crippen LogP contribution in [-0.2, 0) is 6.18 Å². The number of aromatic carboxylic acids is 1. The lowest BCUT2D eigenvalue weighted by molar-refractivity contribution is -0.138. The summed E-state index contributed by atoms with van der Waals surface area (Å²) in [5.41, 5.74) is -0.969. The van der Waals surface area contributed by atoms with Gasteiger partial charge in [0.1, 0.15) is 5.75 Å². The Balaban J connectivity index is 2.30. The Labute approximate surface area is 105 Å². The molecule has 7 heteroatoms. The summed E-state index contributed by atoms with van der Waals surface area (Å²) in [6, 6.07) is 6.79. The summed E-state index contributed by atoms with van der Waals surface area (Å²) in [5.74, 6) is -2.53. The van der Waals surface area contributed by atoms with Crippen LogP contribution < -0.4 is 4.74 Å². The fourth-order valence-corrected chi connectivity index (χ4v) is 1.39. The molecule has 2 rings (SSSR count). The Morgan fingerprint density at radius 1 is 1.16 bits per heavy atom. The molecule has 1 N–H and O–H groups in total. The summed E-state index contributed by atoms with van der Waals surface area (Å²) in [6.07, 6.45) is -4.57. The quantitative estimate of drug-likeness (QED) is 0.923.